The van der Waals surface area contributed by atoms with Crippen LogP contribution in [0, 0.1) is 0 Å². The highest BCUT2D eigenvalue weighted by atomic mass is 35.5. The fraction of sp³-hybridized carbons (Fsp3) is 0.269. The number of carbonyl (C=O) groups is 1. The molecule has 2 aromatic heterocycles. The van der Waals surface area contributed by atoms with Crippen molar-refractivity contribution in [2.24, 2.45) is 5.73 Å². The van der Waals surface area contributed by atoms with Gasteiger partial charge in [-0.3, -0.25) is 4.79 Å². The third-order valence-corrected chi connectivity index (χ3v) is 5.60. The van der Waals surface area contributed by atoms with Gasteiger partial charge >= 0.3 is 6.18 Å². The summed E-state index contributed by atoms with van der Waals surface area (Å²) in [6.07, 6.45) is -4.94. The Morgan fingerprint density at radius 1 is 1.08 bits per heavy atom. The second-order valence-electron chi connectivity index (χ2n) is 8.70. The smallest absolute Gasteiger partial charge is 0.433 e. The number of fused-ring (bicyclic) bond motifs is 1. The van der Waals surface area contributed by atoms with Gasteiger partial charge in [0.2, 0.25) is 5.89 Å². The fourth-order valence-electron chi connectivity index (χ4n) is 3.67. The number of oxazole rings is 1. The predicted molar refractivity (Wildman–Crippen MR) is 133 cm³/mol. The summed E-state index contributed by atoms with van der Waals surface area (Å²) >= 11 is 5.90. The molecule has 0 saturated carbocycles. The molecule has 2 aromatic carbocycles. The highest BCUT2D eigenvalue weighted by Crippen LogP contribution is 2.37. The number of hydrogen-bond donors (Lipinski definition) is 2. The van der Waals surface area contributed by atoms with Crippen LogP contribution in [0.2, 0.25) is 5.02 Å². The first kappa shape index (κ1) is 26.4. The van der Waals surface area contributed by atoms with E-state index in [9.17, 15) is 18.0 Å². The van der Waals surface area contributed by atoms with E-state index in [-0.39, 0.29) is 41.3 Å². The number of ether oxygens (including phenoxy) is 1. The summed E-state index contributed by atoms with van der Waals surface area (Å²) in [6.45, 7) is 5.36. The van der Waals surface area contributed by atoms with Crippen molar-refractivity contribution in [3.63, 3.8) is 0 Å². The lowest BCUT2D eigenvalue weighted by Gasteiger charge is -2.15. The lowest BCUT2D eigenvalue weighted by molar-refractivity contribution is -0.140. The van der Waals surface area contributed by atoms with Crippen molar-refractivity contribution in [2.45, 2.75) is 45.6 Å². The van der Waals surface area contributed by atoms with Crippen LogP contribution in [-0.4, -0.2) is 22.0 Å². The first-order valence-corrected chi connectivity index (χ1v) is 11.8. The average Bonchev–Trinajstić information content (AvgIpc) is 3.28. The number of benzene rings is 2. The largest absolute Gasteiger partial charge is 0.489 e. The van der Waals surface area contributed by atoms with Gasteiger partial charge in [0.1, 0.15) is 17.0 Å². The number of hydrogen-bond acceptors (Lipinski definition) is 6. The molecule has 11 heteroatoms. The molecule has 3 N–H and O–H groups in total. The first-order chi connectivity index (χ1) is 17.4. The number of halogens is 4. The minimum absolute atomic E-state index is 0.00434. The Kier molecular flexibility index (Phi) is 7.42. The van der Waals surface area contributed by atoms with E-state index >= 15 is 0 Å². The molecule has 4 rings (SSSR count). The van der Waals surface area contributed by atoms with Crippen molar-refractivity contribution >= 4 is 28.4 Å². The Morgan fingerprint density at radius 3 is 2.41 bits per heavy atom. The van der Waals surface area contributed by atoms with Crippen LogP contribution < -0.4 is 15.8 Å². The molecule has 0 radical (unpaired) electrons. The van der Waals surface area contributed by atoms with Gasteiger partial charge < -0.3 is 20.2 Å². The molecule has 37 heavy (non-hydrogen) atoms. The standard InChI is InChI=1S/C26H24ClF3N4O3/c1-13(2)36-19-10-8-18(17-9-11-20(26(28,29)30)33-21(17)19)25-34-22(23(37-25)14(3)31)24(35)32-12-15-4-6-16(27)7-5-15/h4-11,13-14H,12,31H2,1-3H3,(H,32,35). The number of carbonyl (C=O) groups excluding carboxylic acids is 1. The molecular weight excluding hydrogens is 509 g/mol. The molecular formula is C26H24ClF3N4O3. The Hall–Kier alpha value is -3.63. The van der Waals surface area contributed by atoms with Crippen molar-refractivity contribution in [3.8, 4) is 17.2 Å². The van der Waals surface area contributed by atoms with E-state index in [0.29, 0.717) is 16.0 Å². The van der Waals surface area contributed by atoms with Gasteiger partial charge in [-0.1, -0.05) is 23.7 Å². The van der Waals surface area contributed by atoms with Crippen LogP contribution in [0.1, 0.15) is 54.3 Å². The maximum atomic E-state index is 13.4. The summed E-state index contributed by atoms with van der Waals surface area (Å²) in [7, 11) is 0. The molecule has 0 fully saturated rings. The highest BCUT2D eigenvalue weighted by Gasteiger charge is 2.33. The zero-order valence-corrected chi connectivity index (χ0v) is 20.9. The van der Waals surface area contributed by atoms with Crippen LogP contribution in [0.5, 0.6) is 5.75 Å². The monoisotopic (exact) mass is 532 g/mol. The lowest BCUT2D eigenvalue weighted by atomic mass is 10.1. The second-order valence-corrected chi connectivity index (χ2v) is 9.13. The van der Waals surface area contributed by atoms with Crippen LogP contribution >= 0.6 is 11.6 Å². The summed E-state index contributed by atoms with van der Waals surface area (Å²) in [4.78, 5) is 21.2. The van der Waals surface area contributed by atoms with Crippen LogP contribution in [-0.2, 0) is 12.7 Å². The zero-order valence-electron chi connectivity index (χ0n) is 20.2. The molecule has 7 nitrogen and oxygen atoms in total. The number of pyridine rings is 1. The van der Waals surface area contributed by atoms with E-state index in [1.165, 1.54) is 12.1 Å². The molecule has 1 atom stereocenters. The molecule has 1 unspecified atom stereocenters. The van der Waals surface area contributed by atoms with Crippen LogP contribution in [0.3, 0.4) is 0 Å². The number of nitrogens with zero attached hydrogens (tertiary/aromatic N) is 2. The Bertz CT molecular complexity index is 1430. The molecule has 0 aliphatic rings. The lowest BCUT2D eigenvalue weighted by Crippen LogP contribution is -2.25. The molecule has 0 aliphatic carbocycles. The molecule has 0 aliphatic heterocycles. The molecule has 4 aromatic rings. The molecule has 0 spiro atoms. The number of nitrogens with two attached hydrogens (primary N) is 1. The van der Waals surface area contributed by atoms with Crippen molar-refractivity contribution < 1.29 is 27.1 Å². The van der Waals surface area contributed by atoms with Gasteiger partial charge in [-0.05, 0) is 62.7 Å². The van der Waals surface area contributed by atoms with E-state index in [0.717, 1.165) is 11.6 Å². The van der Waals surface area contributed by atoms with E-state index in [4.69, 9.17) is 26.5 Å². The van der Waals surface area contributed by atoms with Crippen LogP contribution in [0.25, 0.3) is 22.4 Å². The van der Waals surface area contributed by atoms with Crippen molar-refractivity contribution in [1.29, 1.82) is 0 Å². The summed E-state index contributed by atoms with van der Waals surface area (Å²) in [5, 5.41) is 3.66. The third-order valence-electron chi connectivity index (χ3n) is 5.35. The average molecular weight is 533 g/mol. The topological polar surface area (TPSA) is 103 Å². The highest BCUT2D eigenvalue weighted by molar-refractivity contribution is 6.30. The van der Waals surface area contributed by atoms with Gasteiger partial charge in [0.05, 0.1) is 12.1 Å². The van der Waals surface area contributed by atoms with Gasteiger partial charge in [-0.2, -0.15) is 13.2 Å². The summed E-state index contributed by atoms with van der Waals surface area (Å²) in [5.74, 6) is -0.177. The number of alkyl halides is 3. The first-order valence-electron chi connectivity index (χ1n) is 11.4. The van der Waals surface area contributed by atoms with Gasteiger partial charge in [0.25, 0.3) is 5.91 Å². The minimum Gasteiger partial charge on any atom is -0.489 e. The maximum Gasteiger partial charge on any atom is 0.433 e. The van der Waals surface area contributed by atoms with Crippen LogP contribution in [0.15, 0.2) is 52.9 Å². The molecule has 0 saturated heterocycles. The quantitative estimate of drug-likeness (QED) is 0.289. The van der Waals surface area contributed by atoms with E-state index in [2.05, 4.69) is 15.3 Å². The van der Waals surface area contributed by atoms with Crippen molar-refractivity contribution in [1.82, 2.24) is 15.3 Å². The molecule has 2 heterocycles. The number of amides is 1. The van der Waals surface area contributed by atoms with E-state index in [1.807, 2.05) is 0 Å². The van der Waals surface area contributed by atoms with Crippen molar-refractivity contribution in [2.75, 3.05) is 0 Å². The summed E-state index contributed by atoms with van der Waals surface area (Å²) in [5.41, 5.74) is 6.12. The molecule has 1 amide bonds. The van der Waals surface area contributed by atoms with E-state index in [1.54, 1.807) is 51.1 Å². The number of nitrogens with one attached hydrogen (secondary N) is 1. The Morgan fingerprint density at radius 2 is 1.78 bits per heavy atom. The summed E-state index contributed by atoms with van der Waals surface area (Å²) in [6, 6.07) is 11.5. The fourth-order valence-corrected chi connectivity index (χ4v) is 3.80. The van der Waals surface area contributed by atoms with Gasteiger partial charge in [0.15, 0.2) is 11.5 Å². The minimum atomic E-state index is -4.64. The summed E-state index contributed by atoms with van der Waals surface area (Å²) < 4.78 is 51.7. The Balaban J connectivity index is 1.75. The van der Waals surface area contributed by atoms with Gasteiger partial charge in [0, 0.05) is 22.5 Å². The number of aromatic nitrogens is 2. The maximum absolute atomic E-state index is 13.4. The third kappa shape index (κ3) is 5.86. The molecule has 0 bridgehead atoms. The zero-order chi connectivity index (χ0) is 26.9. The van der Waals surface area contributed by atoms with Crippen LogP contribution in [0.4, 0.5) is 13.2 Å². The normalized spacial score (nSPS) is 12.7. The number of rotatable bonds is 7. The molecule has 194 valence electrons. The second kappa shape index (κ2) is 10.4. The van der Waals surface area contributed by atoms with Gasteiger partial charge in [-0.15, -0.1) is 0 Å². The van der Waals surface area contributed by atoms with E-state index < -0.39 is 23.8 Å². The van der Waals surface area contributed by atoms with Gasteiger partial charge in [-0.25, -0.2) is 9.97 Å². The SMILES string of the molecule is CC(C)Oc1ccc(-c2nc(C(=O)NCc3ccc(Cl)cc3)c(C(C)N)o2)c2ccc(C(F)(F)F)nc12. The van der Waals surface area contributed by atoms with Crippen molar-refractivity contribution in [3.05, 3.63) is 76.3 Å². The Labute approximate surface area is 215 Å². The predicted octanol–water partition coefficient (Wildman–Crippen LogP) is 6.30.